The summed E-state index contributed by atoms with van der Waals surface area (Å²) < 4.78 is 9.90. The summed E-state index contributed by atoms with van der Waals surface area (Å²) in [7, 11) is 2.84. The minimum absolute atomic E-state index is 0.322. The first kappa shape index (κ1) is 18.6. The molecule has 0 spiro atoms. The number of amides is 2. The van der Waals surface area contributed by atoms with Gasteiger partial charge in [-0.25, -0.2) is 9.59 Å². The van der Waals surface area contributed by atoms with E-state index in [4.69, 9.17) is 32.7 Å². The van der Waals surface area contributed by atoms with Gasteiger partial charge in [-0.2, -0.15) is 0 Å². The van der Waals surface area contributed by atoms with Crippen molar-refractivity contribution in [2.75, 3.05) is 27.4 Å². The number of methoxy groups -OCH3 is 2. The lowest BCUT2D eigenvalue weighted by Crippen LogP contribution is -2.48. The van der Waals surface area contributed by atoms with E-state index >= 15 is 0 Å². The normalized spacial score (nSPS) is 17.8. The highest BCUT2D eigenvalue weighted by Crippen LogP contribution is 2.34. The van der Waals surface area contributed by atoms with Crippen molar-refractivity contribution >= 4 is 35.2 Å². The van der Waals surface area contributed by atoms with Crippen molar-refractivity contribution in [1.82, 2.24) is 10.2 Å². The SMILES string of the molecule is COCCN1C(=O)NC(c2ccc(Cl)c(Cl)c2)C(C(=O)OC)=C1C. The van der Waals surface area contributed by atoms with Crippen LogP contribution in [0.25, 0.3) is 0 Å². The molecule has 1 aliphatic rings. The lowest BCUT2D eigenvalue weighted by atomic mass is 9.95. The smallest absolute Gasteiger partial charge is 0.337 e. The third-order valence-corrected chi connectivity index (χ3v) is 4.54. The fraction of sp³-hybridized carbons (Fsp3) is 0.375. The maximum atomic E-state index is 12.4. The zero-order valence-corrected chi connectivity index (χ0v) is 15.1. The molecule has 1 aliphatic heterocycles. The van der Waals surface area contributed by atoms with Crippen LogP contribution in [0.15, 0.2) is 29.5 Å². The maximum Gasteiger partial charge on any atom is 0.337 e. The second-order valence-corrected chi connectivity index (χ2v) is 6.01. The van der Waals surface area contributed by atoms with Crippen molar-refractivity contribution in [2.45, 2.75) is 13.0 Å². The van der Waals surface area contributed by atoms with E-state index in [1.807, 2.05) is 0 Å². The first-order chi connectivity index (χ1) is 11.4. The van der Waals surface area contributed by atoms with Crippen molar-refractivity contribution in [3.05, 3.63) is 45.1 Å². The Morgan fingerprint density at radius 1 is 1.29 bits per heavy atom. The average Bonchev–Trinajstić information content (AvgIpc) is 2.56. The van der Waals surface area contributed by atoms with Crippen LogP contribution in [0.3, 0.4) is 0 Å². The van der Waals surface area contributed by atoms with Crippen LogP contribution in [0.2, 0.25) is 10.0 Å². The van der Waals surface area contributed by atoms with E-state index < -0.39 is 12.0 Å². The molecule has 24 heavy (non-hydrogen) atoms. The minimum atomic E-state index is -0.668. The molecule has 2 rings (SSSR count). The number of hydrogen-bond donors (Lipinski definition) is 1. The molecule has 1 aromatic rings. The number of allylic oxidation sites excluding steroid dienone is 1. The van der Waals surface area contributed by atoms with Gasteiger partial charge in [-0.1, -0.05) is 29.3 Å². The van der Waals surface area contributed by atoms with Crippen LogP contribution >= 0.6 is 23.2 Å². The van der Waals surface area contributed by atoms with E-state index in [0.29, 0.717) is 40.0 Å². The largest absolute Gasteiger partial charge is 0.466 e. The maximum absolute atomic E-state index is 12.4. The second kappa shape index (κ2) is 7.88. The number of esters is 1. The molecule has 0 saturated heterocycles. The number of carbonyl (C=O) groups is 2. The number of benzene rings is 1. The molecule has 0 aromatic heterocycles. The van der Waals surface area contributed by atoms with Crippen LogP contribution < -0.4 is 5.32 Å². The lowest BCUT2D eigenvalue weighted by molar-refractivity contribution is -0.136. The number of hydrogen-bond acceptors (Lipinski definition) is 4. The molecule has 0 radical (unpaired) electrons. The molecular weight excluding hydrogens is 355 g/mol. The van der Waals surface area contributed by atoms with E-state index in [1.54, 1.807) is 32.2 Å². The Balaban J connectivity index is 2.50. The van der Waals surface area contributed by atoms with Crippen molar-refractivity contribution in [3.63, 3.8) is 0 Å². The van der Waals surface area contributed by atoms with E-state index in [9.17, 15) is 9.59 Å². The number of nitrogens with zero attached hydrogens (tertiary/aromatic N) is 1. The number of carbonyl (C=O) groups excluding carboxylic acids is 2. The molecule has 1 unspecified atom stereocenters. The van der Waals surface area contributed by atoms with Gasteiger partial charge in [-0.05, 0) is 24.6 Å². The van der Waals surface area contributed by atoms with Crippen molar-refractivity contribution < 1.29 is 19.1 Å². The molecule has 6 nitrogen and oxygen atoms in total. The fourth-order valence-corrected chi connectivity index (χ4v) is 2.86. The highest BCUT2D eigenvalue weighted by molar-refractivity contribution is 6.42. The molecular formula is C16H18Cl2N2O4. The molecule has 8 heteroatoms. The number of ether oxygens (including phenoxy) is 2. The van der Waals surface area contributed by atoms with Crippen LogP contribution in [0.4, 0.5) is 4.79 Å². The summed E-state index contributed by atoms with van der Waals surface area (Å²) >= 11 is 12.0. The molecule has 1 N–H and O–H groups in total. The van der Waals surface area contributed by atoms with Gasteiger partial charge in [0.05, 0.1) is 41.9 Å². The van der Waals surface area contributed by atoms with E-state index in [2.05, 4.69) is 5.32 Å². The average molecular weight is 373 g/mol. The molecule has 2 amide bonds. The Morgan fingerprint density at radius 3 is 2.58 bits per heavy atom. The van der Waals surface area contributed by atoms with Crippen LogP contribution in [0, 0.1) is 0 Å². The first-order valence-corrected chi connectivity index (χ1v) is 7.97. The molecule has 130 valence electrons. The summed E-state index contributed by atoms with van der Waals surface area (Å²) in [6.45, 7) is 2.37. The highest BCUT2D eigenvalue weighted by Gasteiger charge is 2.36. The molecule has 0 bridgehead atoms. The Hall–Kier alpha value is -1.76. The minimum Gasteiger partial charge on any atom is -0.466 e. The summed E-state index contributed by atoms with van der Waals surface area (Å²) in [4.78, 5) is 26.2. The zero-order valence-electron chi connectivity index (χ0n) is 13.6. The first-order valence-electron chi connectivity index (χ1n) is 7.21. The molecule has 0 saturated carbocycles. The van der Waals surface area contributed by atoms with Crippen LogP contribution in [0.5, 0.6) is 0 Å². The molecule has 1 aromatic carbocycles. The quantitative estimate of drug-likeness (QED) is 0.806. The number of nitrogens with one attached hydrogen (secondary N) is 1. The van der Waals surface area contributed by atoms with Gasteiger partial charge < -0.3 is 14.8 Å². The predicted molar refractivity (Wildman–Crippen MR) is 91.0 cm³/mol. The summed E-state index contributed by atoms with van der Waals surface area (Å²) in [5, 5.41) is 3.54. The second-order valence-electron chi connectivity index (χ2n) is 5.19. The lowest BCUT2D eigenvalue weighted by Gasteiger charge is -2.35. The van der Waals surface area contributed by atoms with Crippen LogP contribution in [-0.4, -0.2) is 44.3 Å². The van der Waals surface area contributed by atoms with Gasteiger partial charge >= 0.3 is 12.0 Å². The van der Waals surface area contributed by atoms with Gasteiger partial charge in [0.1, 0.15) is 0 Å². The summed E-state index contributed by atoms with van der Waals surface area (Å²) in [5.41, 5.74) is 1.49. The van der Waals surface area contributed by atoms with Crippen LogP contribution in [0.1, 0.15) is 18.5 Å². The van der Waals surface area contributed by atoms with E-state index in [0.717, 1.165) is 0 Å². The zero-order chi connectivity index (χ0) is 17.9. The number of rotatable bonds is 5. The predicted octanol–water partition coefficient (Wildman–Crippen LogP) is 3.15. The topological polar surface area (TPSA) is 67.9 Å². The summed E-state index contributed by atoms with van der Waals surface area (Å²) in [6.07, 6.45) is 0. The van der Waals surface area contributed by atoms with Gasteiger partial charge in [-0.3, -0.25) is 4.90 Å². The summed E-state index contributed by atoms with van der Waals surface area (Å²) in [6, 6.07) is 3.95. The Labute approximate surface area is 150 Å². The van der Waals surface area contributed by atoms with E-state index in [-0.39, 0.29) is 6.03 Å². The standard InChI is InChI=1S/C16H18Cl2N2O4/c1-9-13(15(21)24-3)14(10-4-5-11(17)12(18)8-10)19-16(22)20(9)6-7-23-2/h4-5,8,14H,6-7H2,1-3H3,(H,19,22). The van der Waals surface area contributed by atoms with Gasteiger partial charge in [0, 0.05) is 12.8 Å². The van der Waals surface area contributed by atoms with Crippen molar-refractivity contribution in [3.8, 4) is 0 Å². The van der Waals surface area contributed by atoms with E-state index in [1.165, 1.54) is 12.0 Å². The third kappa shape index (κ3) is 3.66. The monoisotopic (exact) mass is 372 g/mol. The van der Waals surface area contributed by atoms with Gasteiger partial charge in [0.25, 0.3) is 0 Å². The number of urea groups is 1. The Morgan fingerprint density at radius 2 is 2.00 bits per heavy atom. The molecule has 1 heterocycles. The highest BCUT2D eigenvalue weighted by atomic mass is 35.5. The summed E-state index contributed by atoms with van der Waals surface area (Å²) in [5.74, 6) is -0.522. The van der Waals surface area contributed by atoms with Gasteiger partial charge in [-0.15, -0.1) is 0 Å². The molecule has 0 aliphatic carbocycles. The fourth-order valence-electron chi connectivity index (χ4n) is 2.55. The van der Waals surface area contributed by atoms with Crippen molar-refractivity contribution in [1.29, 1.82) is 0 Å². The number of halogens is 2. The van der Waals surface area contributed by atoms with Gasteiger partial charge in [0.2, 0.25) is 0 Å². The third-order valence-electron chi connectivity index (χ3n) is 3.80. The van der Waals surface area contributed by atoms with Crippen molar-refractivity contribution in [2.24, 2.45) is 0 Å². The molecule has 0 fully saturated rings. The Bertz CT molecular complexity index is 691. The van der Waals surface area contributed by atoms with Crippen LogP contribution in [-0.2, 0) is 14.3 Å². The molecule has 1 atom stereocenters. The van der Waals surface area contributed by atoms with Gasteiger partial charge in [0.15, 0.2) is 0 Å². The Kier molecular flexibility index (Phi) is 6.10.